The first-order valence-corrected chi connectivity index (χ1v) is 14.9. The molecule has 242 valence electrons. The topological polar surface area (TPSA) is 78.9 Å². The lowest BCUT2D eigenvalue weighted by molar-refractivity contribution is -0.376. The molecule has 0 bridgehead atoms. The maximum Gasteiger partial charge on any atom is 0.437 e. The van der Waals surface area contributed by atoms with E-state index < -0.39 is 71.2 Å². The lowest BCUT2D eigenvalue weighted by atomic mass is 9.58. The predicted molar refractivity (Wildman–Crippen MR) is 142 cm³/mol. The molecule has 4 saturated carbocycles. The Balaban J connectivity index is 1.60. The summed E-state index contributed by atoms with van der Waals surface area (Å²) in [7, 11) is 0. The number of halogens is 6. The third-order valence-electron chi connectivity index (χ3n) is 10.1. The molecule has 0 aromatic heterocycles. The number of hydrogen-bond acceptors (Lipinski definition) is 6. The number of rotatable bonds is 7. The normalized spacial score (nSPS) is 32.7. The molecule has 0 amide bonds. The summed E-state index contributed by atoms with van der Waals surface area (Å²) in [4.78, 5) is 34.7. The number of allylic oxidation sites excluding steroid dienone is 3. The van der Waals surface area contributed by atoms with Crippen LogP contribution in [0.4, 0.5) is 26.3 Å². The van der Waals surface area contributed by atoms with Gasteiger partial charge in [-0.2, -0.15) is 26.3 Å². The molecule has 0 aromatic carbocycles. The van der Waals surface area contributed by atoms with Crippen molar-refractivity contribution in [1.82, 2.24) is 0 Å². The van der Waals surface area contributed by atoms with Crippen molar-refractivity contribution in [2.24, 2.45) is 22.7 Å². The zero-order chi connectivity index (χ0) is 32.0. The van der Waals surface area contributed by atoms with Gasteiger partial charge in [0.05, 0.1) is 0 Å². The van der Waals surface area contributed by atoms with E-state index >= 15 is 0 Å². The first kappa shape index (κ1) is 33.4. The minimum Gasteiger partial charge on any atom is -0.462 e. The molecular weight excluding hydrogens is 582 g/mol. The summed E-state index contributed by atoms with van der Waals surface area (Å²) in [6, 6.07) is 0. The molecule has 6 nitrogen and oxygen atoms in total. The highest BCUT2D eigenvalue weighted by Gasteiger charge is 2.78. The summed E-state index contributed by atoms with van der Waals surface area (Å²) in [5.74, 6) is -2.90. The largest absolute Gasteiger partial charge is 0.462 e. The molecule has 0 aliphatic heterocycles. The Morgan fingerprint density at radius 1 is 0.837 bits per heavy atom. The van der Waals surface area contributed by atoms with Crippen molar-refractivity contribution >= 4 is 17.9 Å². The average molecular weight is 623 g/mol. The molecular formula is C31H40F6O6. The Morgan fingerprint density at radius 2 is 1.40 bits per heavy atom. The van der Waals surface area contributed by atoms with Gasteiger partial charge in [0, 0.05) is 46.5 Å². The molecule has 12 heteroatoms. The van der Waals surface area contributed by atoms with Gasteiger partial charge in [-0.05, 0) is 67.6 Å². The van der Waals surface area contributed by atoms with Crippen LogP contribution in [0.1, 0.15) is 98.3 Å². The van der Waals surface area contributed by atoms with Gasteiger partial charge < -0.3 is 14.2 Å². The highest BCUT2D eigenvalue weighted by atomic mass is 19.4. The van der Waals surface area contributed by atoms with Gasteiger partial charge in [0.1, 0.15) is 12.2 Å². The van der Waals surface area contributed by atoms with E-state index in [1.807, 2.05) is 19.1 Å². The zero-order valence-electron chi connectivity index (χ0n) is 25.0. The van der Waals surface area contributed by atoms with E-state index in [9.17, 15) is 40.7 Å². The second-order valence-electron chi connectivity index (χ2n) is 13.2. The average Bonchev–Trinajstić information content (AvgIpc) is 3.51. The Labute approximate surface area is 247 Å². The Hall–Kier alpha value is -2.53. The van der Waals surface area contributed by atoms with Crippen LogP contribution in [0.15, 0.2) is 23.3 Å². The third kappa shape index (κ3) is 6.77. The van der Waals surface area contributed by atoms with E-state index in [-0.39, 0.29) is 18.8 Å². The molecule has 3 unspecified atom stereocenters. The SMILES string of the molecule is CC(=O)OC1CC(=C/C=C2\CCC[C@@]3(C)C2CCC3C2(CC(OC(C)=O)(C(F)(F)F)C(F)(F)F)CC2)C[C@@H](OC(C)=O)C1. The van der Waals surface area contributed by atoms with E-state index in [1.165, 1.54) is 13.8 Å². The van der Waals surface area contributed by atoms with Gasteiger partial charge in [-0.15, -0.1) is 0 Å². The second-order valence-corrected chi connectivity index (χ2v) is 13.2. The van der Waals surface area contributed by atoms with Crippen LogP contribution in [0.3, 0.4) is 0 Å². The number of ether oxygens (including phenoxy) is 3. The number of carbonyl (C=O) groups excluding carboxylic acids is 3. The monoisotopic (exact) mass is 622 g/mol. The standard InChI is InChI=1S/C31H40F6O6/c1-18(38)41-23-14-21(15-24(16-23)42-19(2)39)7-8-22-6-5-11-27(4)25(22)9-10-26(27)28(12-13-28)17-29(30(32,33)34,31(35,36)37)43-20(3)40/h7-8,23-26H,5-6,9-17H2,1-4H3/b21-7?,22-8+/t23-,24?,25?,26?,27+/m1/s1. The van der Waals surface area contributed by atoms with Crippen LogP contribution in [0.5, 0.6) is 0 Å². The summed E-state index contributed by atoms with van der Waals surface area (Å²) >= 11 is 0. The molecule has 0 radical (unpaired) electrons. The van der Waals surface area contributed by atoms with Crippen LogP contribution in [-0.2, 0) is 28.6 Å². The van der Waals surface area contributed by atoms with Gasteiger partial charge in [-0.25, -0.2) is 0 Å². The quantitative estimate of drug-likeness (QED) is 0.165. The molecule has 0 N–H and O–H groups in total. The van der Waals surface area contributed by atoms with Gasteiger partial charge in [0.15, 0.2) is 0 Å². The third-order valence-corrected chi connectivity index (χ3v) is 10.1. The van der Waals surface area contributed by atoms with Crippen molar-refractivity contribution in [1.29, 1.82) is 0 Å². The fraction of sp³-hybridized carbons (Fsp3) is 0.774. The van der Waals surface area contributed by atoms with Crippen LogP contribution in [-0.4, -0.2) is 48.1 Å². The van der Waals surface area contributed by atoms with Crippen molar-refractivity contribution in [3.63, 3.8) is 0 Å². The molecule has 43 heavy (non-hydrogen) atoms. The summed E-state index contributed by atoms with van der Waals surface area (Å²) in [6.45, 7) is 5.18. The predicted octanol–water partition coefficient (Wildman–Crippen LogP) is 7.70. The van der Waals surface area contributed by atoms with E-state index in [0.717, 1.165) is 24.0 Å². The molecule has 0 heterocycles. The first-order chi connectivity index (χ1) is 19.8. The highest BCUT2D eigenvalue weighted by molar-refractivity contribution is 5.67. The first-order valence-electron chi connectivity index (χ1n) is 14.9. The van der Waals surface area contributed by atoms with Crippen LogP contribution >= 0.6 is 0 Å². The summed E-state index contributed by atoms with van der Waals surface area (Å²) < 4.78 is 100. The molecule has 4 aliphatic rings. The van der Waals surface area contributed by atoms with Crippen molar-refractivity contribution in [2.75, 3.05) is 0 Å². The summed E-state index contributed by atoms with van der Waals surface area (Å²) in [5.41, 5.74) is -4.27. The number of alkyl halides is 6. The van der Waals surface area contributed by atoms with Crippen LogP contribution in [0.25, 0.3) is 0 Å². The lowest BCUT2D eigenvalue weighted by Gasteiger charge is -2.47. The fourth-order valence-electron chi connectivity index (χ4n) is 8.45. The van der Waals surface area contributed by atoms with Gasteiger partial charge in [0.2, 0.25) is 0 Å². The fourth-order valence-corrected chi connectivity index (χ4v) is 8.45. The van der Waals surface area contributed by atoms with Crippen molar-refractivity contribution in [2.45, 2.75) is 128 Å². The smallest absolute Gasteiger partial charge is 0.437 e. The van der Waals surface area contributed by atoms with Gasteiger partial charge in [0.25, 0.3) is 0 Å². The Morgan fingerprint density at radius 3 is 1.86 bits per heavy atom. The molecule has 0 aromatic rings. The number of hydrogen-bond donors (Lipinski definition) is 0. The Bertz CT molecular complexity index is 1130. The number of carbonyl (C=O) groups is 3. The maximum atomic E-state index is 14.2. The lowest BCUT2D eigenvalue weighted by Crippen LogP contribution is -2.61. The van der Waals surface area contributed by atoms with Crippen LogP contribution in [0.2, 0.25) is 0 Å². The Kier molecular flexibility index (Phi) is 9.13. The minimum absolute atomic E-state index is 0.0161. The van der Waals surface area contributed by atoms with E-state index in [1.54, 1.807) is 0 Å². The maximum absolute atomic E-state index is 14.2. The summed E-state index contributed by atoms with van der Waals surface area (Å²) in [6.07, 6.45) is -4.82. The molecule has 0 spiro atoms. The van der Waals surface area contributed by atoms with E-state index in [0.29, 0.717) is 45.4 Å². The van der Waals surface area contributed by atoms with Crippen LogP contribution < -0.4 is 0 Å². The van der Waals surface area contributed by atoms with E-state index in [2.05, 4.69) is 4.74 Å². The second kappa shape index (κ2) is 11.8. The van der Waals surface area contributed by atoms with Crippen LogP contribution in [0, 0.1) is 22.7 Å². The van der Waals surface area contributed by atoms with Crippen molar-refractivity contribution in [3.05, 3.63) is 23.3 Å². The zero-order valence-corrected chi connectivity index (χ0v) is 25.0. The van der Waals surface area contributed by atoms with Crippen molar-refractivity contribution in [3.8, 4) is 0 Å². The molecule has 4 aliphatic carbocycles. The molecule has 4 rings (SSSR count). The van der Waals surface area contributed by atoms with Gasteiger partial charge >= 0.3 is 35.9 Å². The van der Waals surface area contributed by atoms with E-state index in [4.69, 9.17) is 9.47 Å². The highest BCUT2D eigenvalue weighted by Crippen LogP contribution is 2.72. The van der Waals surface area contributed by atoms with Crippen molar-refractivity contribution < 1.29 is 54.9 Å². The minimum atomic E-state index is -5.82. The summed E-state index contributed by atoms with van der Waals surface area (Å²) in [5, 5.41) is 0. The molecule has 0 saturated heterocycles. The van der Waals surface area contributed by atoms with Gasteiger partial charge in [-0.1, -0.05) is 30.2 Å². The molecule has 5 atom stereocenters. The molecule has 4 fully saturated rings. The number of esters is 3. The number of fused-ring (bicyclic) bond motifs is 1. The van der Waals surface area contributed by atoms with Gasteiger partial charge in [-0.3, -0.25) is 14.4 Å².